The highest BCUT2D eigenvalue weighted by atomic mass is 16.5. The van der Waals surface area contributed by atoms with E-state index < -0.39 is 0 Å². The molecule has 8 heteroatoms. The number of methoxy groups -OCH3 is 1. The molecular formula is C20H20N6O2. The number of ether oxygens (including phenoxy) is 2. The minimum atomic E-state index is 0.310. The summed E-state index contributed by atoms with van der Waals surface area (Å²) in [6, 6.07) is 11.7. The Morgan fingerprint density at radius 1 is 1.14 bits per heavy atom. The van der Waals surface area contributed by atoms with E-state index in [1.165, 1.54) is 0 Å². The number of benzene rings is 2. The van der Waals surface area contributed by atoms with Crippen LogP contribution in [0.1, 0.15) is 18.1 Å². The summed E-state index contributed by atoms with van der Waals surface area (Å²) in [5.74, 6) is 1.66. The number of aryl methyl sites for hydroxylation is 1. The first-order valence-electron chi connectivity index (χ1n) is 8.90. The number of aromatic amines is 1. The maximum Gasteiger partial charge on any atom is 0.265 e. The molecule has 0 saturated carbocycles. The van der Waals surface area contributed by atoms with Crippen molar-refractivity contribution in [3.05, 3.63) is 47.5 Å². The summed E-state index contributed by atoms with van der Waals surface area (Å²) in [6.45, 7) is 4.54. The topological polar surface area (TPSA) is 97.3 Å². The van der Waals surface area contributed by atoms with Gasteiger partial charge in [0.25, 0.3) is 5.95 Å². The zero-order valence-corrected chi connectivity index (χ0v) is 15.9. The molecule has 142 valence electrons. The first-order valence-corrected chi connectivity index (χ1v) is 8.90. The molecule has 0 bridgehead atoms. The molecule has 2 N–H and O–H groups in total. The summed E-state index contributed by atoms with van der Waals surface area (Å²) in [5, 5.41) is 13.6. The first kappa shape index (κ1) is 17.7. The van der Waals surface area contributed by atoms with Crippen molar-refractivity contribution >= 4 is 34.2 Å². The zero-order valence-electron chi connectivity index (χ0n) is 15.9. The Hall–Kier alpha value is -3.68. The molecule has 0 aliphatic rings. The van der Waals surface area contributed by atoms with Crippen molar-refractivity contribution in [3.63, 3.8) is 0 Å². The van der Waals surface area contributed by atoms with Gasteiger partial charge in [-0.15, -0.1) is 10.2 Å². The smallest absolute Gasteiger partial charge is 0.265 e. The summed E-state index contributed by atoms with van der Waals surface area (Å²) >= 11 is 0. The third kappa shape index (κ3) is 3.44. The van der Waals surface area contributed by atoms with Gasteiger partial charge in [0.05, 0.1) is 19.9 Å². The zero-order chi connectivity index (χ0) is 19.5. The van der Waals surface area contributed by atoms with E-state index in [1.807, 2.05) is 44.2 Å². The van der Waals surface area contributed by atoms with Crippen LogP contribution < -0.4 is 14.9 Å². The molecule has 0 aliphatic carbocycles. The molecule has 0 atom stereocenters. The van der Waals surface area contributed by atoms with Crippen molar-refractivity contribution < 1.29 is 9.47 Å². The van der Waals surface area contributed by atoms with E-state index >= 15 is 0 Å². The minimum Gasteiger partial charge on any atom is -0.493 e. The van der Waals surface area contributed by atoms with E-state index in [0.29, 0.717) is 29.7 Å². The molecule has 2 aromatic carbocycles. The third-order valence-electron chi connectivity index (χ3n) is 4.24. The van der Waals surface area contributed by atoms with Crippen LogP contribution in [0.3, 0.4) is 0 Å². The highest BCUT2D eigenvalue weighted by Gasteiger charge is 2.09. The number of hydrogen-bond donors (Lipinski definition) is 2. The standard InChI is InChI=1S/C20H20N6O2/c1-4-28-16-8-6-13(10-17(16)27-3)11-21-25-20-23-19-18(24-26-20)14-9-12(2)5-7-15(14)22-19/h5-11H,4H2,1-3H3,(H2,22,23,25,26)/b21-11+. The van der Waals surface area contributed by atoms with E-state index in [9.17, 15) is 0 Å². The molecule has 2 heterocycles. The first-order chi connectivity index (χ1) is 13.7. The molecule has 0 unspecified atom stereocenters. The van der Waals surface area contributed by atoms with E-state index in [0.717, 1.165) is 27.5 Å². The molecule has 0 spiro atoms. The Bertz CT molecular complexity index is 1170. The van der Waals surface area contributed by atoms with Gasteiger partial charge in [-0.05, 0) is 49.7 Å². The van der Waals surface area contributed by atoms with Crippen molar-refractivity contribution in [1.82, 2.24) is 20.2 Å². The monoisotopic (exact) mass is 376 g/mol. The molecule has 8 nitrogen and oxygen atoms in total. The van der Waals surface area contributed by atoms with Crippen LogP contribution in [0.25, 0.3) is 22.1 Å². The predicted molar refractivity (Wildman–Crippen MR) is 109 cm³/mol. The van der Waals surface area contributed by atoms with Crippen molar-refractivity contribution in [2.24, 2.45) is 5.10 Å². The maximum atomic E-state index is 5.51. The SMILES string of the molecule is CCOc1ccc(/C=N/Nc2nnc3c(n2)[nH]c2ccc(C)cc23)cc1OC. The van der Waals surface area contributed by atoms with E-state index in [-0.39, 0.29) is 0 Å². The average molecular weight is 376 g/mol. The largest absolute Gasteiger partial charge is 0.493 e. The van der Waals surface area contributed by atoms with Crippen molar-refractivity contribution in [1.29, 1.82) is 0 Å². The van der Waals surface area contributed by atoms with Gasteiger partial charge in [0.2, 0.25) is 0 Å². The maximum absolute atomic E-state index is 5.51. The van der Waals surface area contributed by atoms with Crippen LogP contribution in [0.2, 0.25) is 0 Å². The van der Waals surface area contributed by atoms with Crippen molar-refractivity contribution in [2.75, 3.05) is 19.1 Å². The van der Waals surface area contributed by atoms with Gasteiger partial charge in [0, 0.05) is 10.9 Å². The summed E-state index contributed by atoms with van der Waals surface area (Å²) in [4.78, 5) is 7.70. The predicted octanol–water partition coefficient (Wildman–Crippen LogP) is 3.67. The minimum absolute atomic E-state index is 0.310. The van der Waals surface area contributed by atoms with Gasteiger partial charge in [-0.3, -0.25) is 0 Å². The Labute approximate surface area is 161 Å². The third-order valence-corrected chi connectivity index (χ3v) is 4.24. The summed E-state index contributed by atoms with van der Waals surface area (Å²) in [7, 11) is 1.60. The van der Waals surface area contributed by atoms with Crippen LogP contribution in [-0.2, 0) is 0 Å². The van der Waals surface area contributed by atoms with Crippen LogP contribution in [0.4, 0.5) is 5.95 Å². The van der Waals surface area contributed by atoms with Crippen molar-refractivity contribution in [3.8, 4) is 11.5 Å². The lowest BCUT2D eigenvalue weighted by Gasteiger charge is -2.09. The van der Waals surface area contributed by atoms with Crippen LogP contribution in [-0.4, -0.2) is 40.1 Å². The fraction of sp³-hybridized carbons (Fsp3) is 0.200. The van der Waals surface area contributed by atoms with Crippen LogP contribution in [0.5, 0.6) is 11.5 Å². The van der Waals surface area contributed by atoms with Crippen molar-refractivity contribution in [2.45, 2.75) is 13.8 Å². The van der Waals surface area contributed by atoms with Gasteiger partial charge in [-0.1, -0.05) is 11.6 Å². The van der Waals surface area contributed by atoms with Crippen LogP contribution in [0, 0.1) is 6.92 Å². The van der Waals surface area contributed by atoms with Gasteiger partial charge >= 0.3 is 0 Å². The van der Waals surface area contributed by atoms with Crippen LogP contribution >= 0.6 is 0 Å². The number of nitrogens with zero attached hydrogens (tertiary/aromatic N) is 4. The molecule has 0 amide bonds. The number of aromatic nitrogens is 4. The van der Waals surface area contributed by atoms with E-state index in [4.69, 9.17) is 9.47 Å². The highest BCUT2D eigenvalue weighted by molar-refractivity contribution is 6.03. The molecule has 0 aliphatic heterocycles. The fourth-order valence-corrected chi connectivity index (χ4v) is 2.94. The lowest BCUT2D eigenvalue weighted by molar-refractivity contribution is 0.311. The molecule has 28 heavy (non-hydrogen) atoms. The molecule has 2 aromatic heterocycles. The Balaban J connectivity index is 1.54. The van der Waals surface area contributed by atoms with Gasteiger partial charge in [0.1, 0.15) is 5.52 Å². The van der Waals surface area contributed by atoms with Gasteiger partial charge in [-0.2, -0.15) is 10.1 Å². The summed E-state index contributed by atoms with van der Waals surface area (Å²) < 4.78 is 10.9. The Kier molecular flexibility index (Phi) is 4.76. The second-order valence-electron chi connectivity index (χ2n) is 6.22. The quantitative estimate of drug-likeness (QED) is 0.394. The summed E-state index contributed by atoms with van der Waals surface area (Å²) in [5.41, 5.74) is 7.20. The number of nitrogens with one attached hydrogen (secondary N) is 2. The normalized spacial score (nSPS) is 11.4. The fourth-order valence-electron chi connectivity index (χ4n) is 2.94. The number of hydrogen-bond acceptors (Lipinski definition) is 7. The number of anilines is 1. The number of H-pyrrole nitrogens is 1. The lowest BCUT2D eigenvalue weighted by atomic mass is 10.2. The number of rotatable bonds is 6. The average Bonchev–Trinajstić information content (AvgIpc) is 3.06. The number of hydrazone groups is 1. The van der Waals surface area contributed by atoms with Gasteiger partial charge in [0.15, 0.2) is 17.1 Å². The second kappa shape index (κ2) is 7.51. The number of fused-ring (bicyclic) bond motifs is 3. The molecule has 0 saturated heterocycles. The van der Waals surface area contributed by atoms with Gasteiger partial charge < -0.3 is 14.5 Å². The summed E-state index contributed by atoms with van der Waals surface area (Å²) in [6.07, 6.45) is 1.65. The van der Waals surface area contributed by atoms with E-state index in [1.54, 1.807) is 13.3 Å². The highest BCUT2D eigenvalue weighted by Crippen LogP contribution is 2.27. The molecule has 4 aromatic rings. The van der Waals surface area contributed by atoms with Crippen LogP contribution in [0.15, 0.2) is 41.5 Å². The molecule has 4 rings (SSSR count). The molecule has 0 fully saturated rings. The van der Waals surface area contributed by atoms with E-state index in [2.05, 4.69) is 36.8 Å². The lowest BCUT2D eigenvalue weighted by Crippen LogP contribution is -1.99. The molecular weight excluding hydrogens is 356 g/mol. The molecule has 0 radical (unpaired) electrons. The van der Waals surface area contributed by atoms with Gasteiger partial charge in [-0.25, -0.2) is 5.43 Å². The second-order valence-corrected chi connectivity index (χ2v) is 6.22. The Morgan fingerprint density at radius 3 is 2.86 bits per heavy atom. The Morgan fingerprint density at radius 2 is 2.04 bits per heavy atom.